The fraction of sp³-hybridized carbons (Fsp3) is 0.500. The maximum absolute atomic E-state index is 4.56. The molecule has 1 aromatic rings. The molecular formula is C10H14N2. The minimum absolute atomic E-state index is 0.532. The fourth-order valence-corrected chi connectivity index (χ4v) is 1.22. The molecule has 12 heavy (non-hydrogen) atoms. The van der Waals surface area contributed by atoms with E-state index in [9.17, 15) is 0 Å². The van der Waals surface area contributed by atoms with Crippen LogP contribution in [0.5, 0.6) is 0 Å². The molecule has 0 saturated carbocycles. The Morgan fingerprint density at radius 1 is 1.33 bits per heavy atom. The van der Waals surface area contributed by atoms with Crippen LogP contribution in [-0.4, -0.2) is 18.1 Å². The van der Waals surface area contributed by atoms with Gasteiger partial charge in [0.15, 0.2) is 0 Å². The number of aromatic nitrogens is 1. The number of rotatable bonds is 2. The molecule has 1 aliphatic heterocycles. The lowest BCUT2D eigenvalue weighted by molar-refractivity contribution is 0.822. The van der Waals surface area contributed by atoms with Crippen molar-refractivity contribution in [3.63, 3.8) is 0 Å². The van der Waals surface area contributed by atoms with E-state index >= 15 is 0 Å². The van der Waals surface area contributed by atoms with Gasteiger partial charge in [-0.05, 0) is 18.1 Å². The summed E-state index contributed by atoms with van der Waals surface area (Å²) in [6.07, 6.45) is 0. The van der Waals surface area contributed by atoms with Gasteiger partial charge in [-0.3, -0.25) is 0 Å². The van der Waals surface area contributed by atoms with Gasteiger partial charge < -0.3 is 4.90 Å². The topological polar surface area (TPSA) is 15.9 Å². The average Bonchev–Trinajstić information content (AvgIpc) is 2.87. The maximum Gasteiger partial charge on any atom is 0.128 e. The summed E-state index contributed by atoms with van der Waals surface area (Å²) in [6.45, 7) is 6.70. The highest BCUT2D eigenvalue weighted by molar-refractivity contribution is 5.45. The lowest BCUT2D eigenvalue weighted by Crippen LogP contribution is -1.98. The molecule has 0 amide bonds. The van der Waals surface area contributed by atoms with Crippen LogP contribution in [-0.2, 0) is 0 Å². The molecule has 64 valence electrons. The summed E-state index contributed by atoms with van der Waals surface area (Å²) in [7, 11) is 0. The first-order valence-electron chi connectivity index (χ1n) is 4.49. The van der Waals surface area contributed by atoms with Crippen molar-refractivity contribution < 1.29 is 0 Å². The van der Waals surface area contributed by atoms with Crippen LogP contribution in [0.1, 0.15) is 25.5 Å². The smallest absolute Gasteiger partial charge is 0.128 e. The molecule has 1 fully saturated rings. The Bertz CT molecular complexity index is 260. The van der Waals surface area contributed by atoms with Gasteiger partial charge in [0, 0.05) is 18.8 Å². The Labute approximate surface area is 73.2 Å². The van der Waals surface area contributed by atoms with Crippen molar-refractivity contribution in [3.05, 3.63) is 23.9 Å². The van der Waals surface area contributed by atoms with Crippen molar-refractivity contribution in [1.29, 1.82) is 0 Å². The van der Waals surface area contributed by atoms with Gasteiger partial charge in [0.05, 0.1) is 0 Å². The minimum Gasteiger partial charge on any atom is -0.353 e. The van der Waals surface area contributed by atoms with Gasteiger partial charge >= 0.3 is 0 Å². The minimum atomic E-state index is 0.532. The molecule has 1 aliphatic rings. The predicted molar refractivity (Wildman–Crippen MR) is 50.5 cm³/mol. The first kappa shape index (κ1) is 7.59. The summed E-state index contributed by atoms with van der Waals surface area (Å²) < 4.78 is 0. The number of anilines is 1. The van der Waals surface area contributed by atoms with E-state index in [2.05, 4.69) is 41.9 Å². The van der Waals surface area contributed by atoms with Crippen LogP contribution in [0.4, 0.5) is 5.82 Å². The van der Waals surface area contributed by atoms with E-state index in [1.807, 2.05) is 0 Å². The van der Waals surface area contributed by atoms with Crippen LogP contribution < -0.4 is 4.90 Å². The number of hydrogen-bond acceptors (Lipinski definition) is 2. The molecule has 0 spiro atoms. The van der Waals surface area contributed by atoms with Gasteiger partial charge in [-0.25, -0.2) is 4.98 Å². The summed E-state index contributed by atoms with van der Waals surface area (Å²) in [5, 5.41) is 0. The second-order valence-corrected chi connectivity index (χ2v) is 3.56. The SMILES string of the molecule is CC(C)c1cccc(N2CC2)n1. The predicted octanol–water partition coefficient (Wildman–Crippen LogP) is 2.02. The van der Waals surface area contributed by atoms with Crippen LogP contribution in [0.2, 0.25) is 0 Å². The Hall–Kier alpha value is -1.05. The molecule has 0 aliphatic carbocycles. The van der Waals surface area contributed by atoms with Gasteiger partial charge in [-0.15, -0.1) is 0 Å². The van der Waals surface area contributed by atoms with Gasteiger partial charge in [-0.2, -0.15) is 0 Å². The monoisotopic (exact) mass is 162 g/mol. The molecule has 0 radical (unpaired) electrons. The van der Waals surface area contributed by atoms with Crippen molar-refractivity contribution >= 4 is 5.82 Å². The van der Waals surface area contributed by atoms with Crippen LogP contribution >= 0.6 is 0 Å². The Kier molecular flexibility index (Phi) is 1.75. The molecule has 0 atom stereocenters. The summed E-state index contributed by atoms with van der Waals surface area (Å²) in [4.78, 5) is 6.83. The quantitative estimate of drug-likeness (QED) is 0.618. The first-order chi connectivity index (χ1) is 5.77. The second-order valence-electron chi connectivity index (χ2n) is 3.56. The third-order valence-corrected chi connectivity index (χ3v) is 2.12. The summed E-state index contributed by atoms with van der Waals surface area (Å²) in [5.41, 5.74) is 1.19. The van der Waals surface area contributed by atoms with Crippen molar-refractivity contribution in [2.75, 3.05) is 18.0 Å². The highest BCUT2D eigenvalue weighted by Crippen LogP contribution is 2.20. The van der Waals surface area contributed by atoms with E-state index in [0.29, 0.717) is 5.92 Å². The van der Waals surface area contributed by atoms with Crippen LogP contribution in [0.3, 0.4) is 0 Å². The number of nitrogens with zero attached hydrogens (tertiary/aromatic N) is 2. The molecule has 0 aromatic carbocycles. The van der Waals surface area contributed by atoms with Crippen molar-refractivity contribution in [2.24, 2.45) is 0 Å². The molecule has 2 rings (SSSR count). The van der Waals surface area contributed by atoms with E-state index < -0.39 is 0 Å². The first-order valence-corrected chi connectivity index (χ1v) is 4.49. The zero-order valence-electron chi connectivity index (χ0n) is 7.62. The van der Waals surface area contributed by atoms with Crippen LogP contribution in [0.25, 0.3) is 0 Å². The molecule has 2 nitrogen and oxygen atoms in total. The Morgan fingerprint density at radius 3 is 2.67 bits per heavy atom. The Balaban J connectivity index is 2.26. The van der Waals surface area contributed by atoms with Crippen LogP contribution in [0, 0.1) is 0 Å². The molecule has 0 unspecified atom stereocenters. The lowest BCUT2D eigenvalue weighted by atomic mass is 10.1. The molecule has 0 bridgehead atoms. The fourth-order valence-electron chi connectivity index (χ4n) is 1.22. The number of pyridine rings is 1. The molecule has 1 saturated heterocycles. The highest BCUT2D eigenvalue weighted by atomic mass is 15.3. The van der Waals surface area contributed by atoms with Crippen molar-refractivity contribution in [1.82, 2.24) is 4.98 Å². The van der Waals surface area contributed by atoms with Gasteiger partial charge in [0.25, 0.3) is 0 Å². The van der Waals surface area contributed by atoms with Gasteiger partial charge in [0.2, 0.25) is 0 Å². The van der Waals surface area contributed by atoms with Crippen molar-refractivity contribution in [3.8, 4) is 0 Å². The highest BCUT2D eigenvalue weighted by Gasteiger charge is 2.19. The summed E-state index contributed by atoms with van der Waals surface area (Å²) >= 11 is 0. The molecule has 0 N–H and O–H groups in total. The third kappa shape index (κ3) is 1.42. The standard InChI is InChI=1S/C10H14N2/c1-8(2)9-4-3-5-10(11-9)12-6-7-12/h3-5,8H,6-7H2,1-2H3. The average molecular weight is 162 g/mol. The molecule has 1 aromatic heterocycles. The molecular weight excluding hydrogens is 148 g/mol. The summed E-state index contributed by atoms with van der Waals surface area (Å²) in [6, 6.07) is 6.27. The summed E-state index contributed by atoms with van der Waals surface area (Å²) in [5.74, 6) is 1.67. The van der Waals surface area contributed by atoms with Crippen LogP contribution in [0.15, 0.2) is 18.2 Å². The number of hydrogen-bond donors (Lipinski definition) is 0. The van der Waals surface area contributed by atoms with Crippen molar-refractivity contribution in [2.45, 2.75) is 19.8 Å². The van der Waals surface area contributed by atoms with Gasteiger partial charge in [0.1, 0.15) is 5.82 Å². The second kappa shape index (κ2) is 2.77. The van der Waals surface area contributed by atoms with E-state index in [-0.39, 0.29) is 0 Å². The van der Waals surface area contributed by atoms with E-state index in [4.69, 9.17) is 0 Å². The lowest BCUT2D eigenvalue weighted by Gasteiger charge is -2.06. The third-order valence-electron chi connectivity index (χ3n) is 2.12. The maximum atomic E-state index is 4.56. The van der Waals surface area contributed by atoms with Gasteiger partial charge in [-0.1, -0.05) is 19.9 Å². The zero-order valence-corrected chi connectivity index (χ0v) is 7.62. The largest absolute Gasteiger partial charge is 0.353 e. The Morgan fingerprint density at radius 2 is 2.08 bits per heavy atom. The van der Waals surface area contributed by atoms with E-state index in [1.54, 1.807) is 0 Å². The molecule has 2 heteroatoms. The van der Waals surface area contributed by atoms with E-state index in [0.717, 1.165) is 5.82 Å². The van der Waals surface area contributed by atoms with E-state index in [1.165, 1.54) is 18.8 Å². The normalized spacial score (nSPS) is 15.4. The molecule has 2 heterocycles. The zero-order chi connectivity index (χ0) is 8.55.